The highest BCUT2D eigenvalue weighted by Gasteiger charge is 2.48. The number of amides is 1. The lowest BCUT2D eigenvalue weighted by atomic mass is 9.53. The number of carboxylic acids is 1. The Morgan fingerprint density at radius 2 is 1.52 bits per heavy atom. The molecule has 3 aromatic rings. The zero-order chi connectivity index (χ0) is 34.1. The summed E-state index contributed by atoms with van der Waals surface area (Å²) in [7, 11) is 0. The number of nitrogens with two attached hydrogens (primary N) is 1. The molecule has 48 heavy (non-hydrogen) atoms. The van der Waals surface area contributed by atoms with E-state index in [0.717, 1.165) is 61.5 Å². The van der Waals surface area contributed by atoms with E-state index in [2.05, 4.69) is 6.92 Å². The maximum atomic E-state index is 14.3. The van der Waals surface area contributed by atoms with Crippen LogP contribution >= 0.6 is 0 Å². The van der Waals surface area contributed by atoms with E-state index in [0.29, 0.717) is 23.4 Å². The van der Waals surface area contributed by atoms with Gasteiger partial charge in [0.15, 0.2) is 0 Å². The molecule has 3 aromatic carbocycles. The topological polar surface area (TPSA) is 92.9 Å². The maximum absolute atomic E-state index is 14.3. The largest absolute Gasteiger partial charge is 0.489 e. The zero-order valence-corrected chi connectivity index (χ0v) is 28.1. The molecule has 6 nitrogen and oxygen atoms in total. The Morgan fingerprint density at radius 3 is 2.12 bits per heavy atom. The predicted octanol–water partition coefficient (Wildman–Crippen LogP) is 8.70. The molecule has 4 bridgehead atoms. The number of hydrogen-bond donors (Lipinski definition) is 2. The van der Waals surface area contributed by atoms with Crippen LogP contribution in [-0.2, 0) is 24.4 Å². The van der Waals surface area contributed by atoms with Crippen molar-refractivity contribution in [1.82, 2.24) is 4.90 Å². The minimum Gasteiger partial charge on any atom is -0.489 e. The van der Waals surface area contributed by atoms with Crippen molar-refractivity contribution in [2.24, 2.45) is 23.5 Å². The summed E-state index contributed by atoms with van der Waals surface area (Å²) >= 11 is 0. The van der Waals surface area contributed by atoms with Gasteiger partial charge in [0.25, 0.3) is 0 Å². The fourth-order valence-electron chi connectivity index (χ4n) is 8.24. The number of nitrogens with zero attached hydrogens (tertiary/aromatic N) is 1. The van der Waals surface area contributed by atoms with Crippen LogP contribution in [0.3, 0.4) is 0 Å². The monoisotopic (exact) mass is 660 g/mol. The van der Waals surface area contributed by atoms with Crippen LogP contribution in [0.5, 0.6) is 5.75 Å². The molecule has 0 saturated heterocycles. The standard InChI is InChI=1S/C30H33F2NO4.C10H17N/c1-2-3-4-5-8-17-33(20-23-13-14-25(31)19-28(23)32)29(34)18-22-11-15-26(16-12-22)37-21-24-9-6-7-10-27(24)30(35)36;11-10-4-7-1-8(5-10)3-9(2-7)6-10/h6-7,9-16,19H,2-5,8,17-18,20-21H2,1H3,(H,35,36);7-9H,1-6,11H2. The molecule has 4 aliphatic carbocycles. The molecular weight excluding hydrogens is 610 g/mol. The molecule has 0 aliphatic heterocycles. The van der Waals surface area contributed by atoms with Crippen LogP contribution in [-0.4, -0.2) is 34.0 Å². The summed E-state index contributed by atoms with van der Waals surface area (Å²) in [4.78, 5) is 26.2. The third kappa shape index (κ3) is 9.88. The van der Waals surface area contributed by atoms with Gasteiger partial charge in [0.1, 0.15) is 24.0 Å². The van der Waals surface area contributed by atoms with E-state index in [1.54, 1.807) is 47.4 Å². The van der Waals surface area contributed by atoms with Gasteiger partial charge in [0, 0.05) is 35.8 Å². The van der Waals surface area contributed by atoms with Gasteiger partial charge < -0.3 is 20.5 Å². The van der Waals surface area contributed by atoms with Gasteiger partial charge in [-0.05, 0) is 92.5 Å². The SMILES string of the molecule is CCCCCCCN(Cc1ccc(F)cc1F)C(=O)Cc1ccc(OCc2ccccc2C(=O)O)cc1.NC12CC3CC(CC(C3)C1)C2. The number of carbonyl (C=O) groups excluding carboxylic acids is 1. The first-order valence-electron chi connectivity index (χ1n) is 17.6. The van der Waals surface area contributed by atoms with Crippen molar-refractivity contribution in [1.29, 1.82) is 0 Å². The van der Waals surface area contributed by atoms with Gasteiger partial charge in [0.05, 0.1) is 12.0 Å². The molecule has 0 spiro atoms. The van der Waals surface area contributed by atoms with Crippen molar-refractivity contribution in [3.63, 3.8) is 0 Å². The number of carbonyl (C=O) groups is 2. The first-order valence-corrected chi connectivity index (χ1v) is 17.6. The number of hydrogen-bond acceptors (Lipinski definition) is 4. The number of aromatic carboxylic acids is 1. The molecule has 8 heteroatoms. The molecule has 258 valence electrons. The van der Waals surface area contributed by atoms with E-state index in [4.69, 9.17) is 10.5 Å². The highest BCUT2D eigenvalue weighted by molar-refractivity contribution is 5.89. The van der Waals surface area contributed by atoms with Gasteiger partial charge in [0.2, 0.25) is 5.91 Å². The van der Waals surface area contributed by atoms with Crippen LogP contribution in [0.25, 0.3) is 0 Å². The fraction of sp³-hybridized carbons (Fsp3) is 0.500. The second-order valence-corrected chi connectivity index (χ2v) is 14.3. The van der Waals surface area contributed by atoms with E-state index >= 15 is 0 Å². The number of ether oxygens (including phenoxy) is 1. The summed E-state index contributed by atoms with van der Waals surface area (Å²) in [6, 6.07) is 17.1. The number of halogens is 2. The van der Waals surface area contributed by atoms with Crippen molar-refractivity contribution < 1.29 is 28.2 Å². The van der Waals surface area contributed by atoms with Crippen LogP contribution < -0.4 is 10.5 Å². The Morgan fingerprint density at radius 1 is 0.875 bits per heavy atom. The summed E-state index contributed by atoms with van der Waals surface area (Å²) in [6.45, 7) is 2.83. The van der Waals surface area contributed by atoms with Crippen LogP contribution in [0.4, 0.5) is 8.78 Å². The summed E-state index contributed by atoms with van der Waals surface area (Å²) in [5, 5.41) is 9.31. The van der Waals surface area contributed by atoms with Crippen molar-refractivity contribution in [3.05, 3.63) is 101 Å². The average Bonchev–Trinajstić information content (AvgIpc) is 3.04. The Bertz CT molecular complexity index is 1490. The molecule has 0 radical (unpaired) electrons. The molecule has 7 rings (SSSR count). The molecular formula is C40H50F2N2O4. The molecule has 3 N–H and O–H groups in total. The smallest absolute Gasteiger partial charge is 0.336 e. The molecule has 4 fully saturated rings. The summed E-state index contributed by atoms with van der Waals surface area (Å²) in [5.74, 6) is 1.16. The van der Waals surface area contributed by atoms with Crippen LogP contribution in [0, 0.1) is 29.4 Å². The van der Waals surface area contributed by atoms with Crippen LogP contribution in [0.1, 0.15) is 105 Å². The molecule has 1 amide bonds. The van der Waals surface area contributed by atoms with Crippen molar-refractivity contribution in [2.75, 3.05) is 6.54 Å². The second kappa shape index (κ2) is 16.6. The van der Waals surface area contributed by atoms with Crippen LogP contribution in [0.15, 0.2) is 66.7 Å². The summed E-state index contributed by atoms with van der Waals surface area (Å²) in [5.41, 5.74) is 8.44. The highest BCUT2D eigenvalue weighted by Crippen LogP contribution is 2.54. The lowest BCUT2D eigenvalue weighted by Gasteiger charge is -2.55. The van der Waals surface area contributed by atoms with Crippen molar-refractivity contribution in [3.8, 4) is 5.75 Å². The van der Waals surface area contributed by atoms with Gasteiger partial charge in [-0.1, -0.05) is 69.0 Å². The number of benzene rings is 3. The van der Waals surface area contributed by atoms with Gasteiger partial charge in [-0.15, -0.1) is 0 Å². The summed E-state index contributed by atoms with van der Waals surface area (Å²) in [6.07, 6.45) is 13.9. The third-order valence-corrected chi connectivity index (χ3v) is 10.3. The normalized spacial score (nSPS) is 22.1. The first-order chi connectivity index (χ1) is 23.1. The van der Waals surface area contributed by atoms with Gasteiger partial charge in [-0.3, -0.25) is 4.79 Å². The lowest BCUT2D eigenvalue weighted by molar-refractivity contribution is -0.131. The average molecular weight is 661 g/mol. The highest BCUT2D eigenvalue weighted by atomic mass is 19.1. The number of unbranched alkanes of at least 4 members (excludes halogenated alkanes) is 4. The van der Waals surface area contributed by atoms with E-state index in [-0.39, 0.29) is 36.6 Å². The lowest BCUT2D eigenvalue weighted by Crippen LogP contribution is -2.55. The Balaban J connectivity index is 0.000000338. The van der Waals surface area contributed by atoms with Crippen molar-refractivity contribution >= 4 is 11.9 Å². The van der Waals surface area contributed by atoms with Crippen molar-refractivity contribution in [2.45, 2.75) is 103 Å². The molecule has 0 unspecified atom stereocenters. The maximum Gasteiger partial charge on any atom is 0.336 e. The van der Waals surface area contributed by atoms with Crippen LogP contribution in [0.2, 0.25) is 0 Å². The number of carboxylic acid groups (broad SMARTS) is 1. The fourth-order valence-corrected chi connectivity index (χ4v) is 8.24. The van der Waals surface area contributed by atoms with E-state index in [1.807, 2.05) is 0 Å². The van der Waals surface area contributed by atoms with Gasteiger partial charge >= 0.3 is 5.97 Å². The summed E-state index contributed by atoms with van der Waals surface area (Å²) < 4.78 is 33.4. The quantitative estimate of drug-likeness (QED) is 0.169. The zero-order valence-electron chi connectivity index (χ0n) is 28.1. The van der Waals surface area contributed by atoms with E-state index in [1.165, 1.54) is 56.7 Å². The van der Waals surface area contributed by atoms with E-state index in [9.17, 15) is 23.5 Å². The van der Waals surface area contributed by atoms with Gasteiger partial charge in [-0.25, -0.2) is 13.6 Å². The predicted molar refractivity (Wildman–Crippen MR) is 184 cm³/mol. The number of rotatable bonds is 14. The third-order valence-electron chi connectivity index (χ3n) is 10.3. The Kier molecular flexibility index (Phi) is 12.3. The molecule has 0 aromatic heterocycles. The Hall–Kier alpha value is -3.78. The first kappa shape index (κ1) is 35.5. The van der Waals surface area contributed by atoms with E-state index < -0.39 is 17.6 Å². The Labute approximate surface area is 283 Å². The molecule has 4 aliphatic rings. The minimum atomic E-state index is -1.01. The van der Waals surface area contributed by atoms with Gasteiger partial charge in [-0.2, -0.15) is 0 Å². The second-order valence-electron chi connectivity index (χ2n) is 14.3. The molecule has 4 saturated carbocycles. The molecule has 0 heterocycles. The minimum absolute atomic E-state index is 0.0862. The molecule has 0 atom stereocenters.